The van der Waals surface area contributed by atoms with Crippen molar-refractivity contribution in [1.82, 2.24) is 0 Å². The Kier molecular flexibility index (Phi) is 6.82. The van der Waals surface area contributed by atoms with Gasteiger partial charge in [-0.2, -0.15) is 0 Å². The summed E-state index contributed by atoms with van der Waals surface area (Å²) in [5.41, 5.74) is 11.3. The van der Waals surface area contributed by atoms with Crippen molar-refractivity contribution in [1.29, 1.82) is 0 Å². The van der Waals surface area contributed by atoms with E-state index in [1.807, 2.05) is 0 Å². The average Bonchev–Trinajstić information content (AvgIpc) is 2.26. The summed E-state index contributed by atoms with van der Waals surface area (Å²) in [4.78, 5) is 0. The molecule has 92 valence electrons. The van der Waals surface area contributed by atoms with Gasteiger partial charge in [0.05, 0.1) is 0 Å². The quantitative estimate of drug-likeness (QED) is 0.767. The summed E-state index contributed by atoms with van der Waals surface area (Å²) < 4.78 is 0. The molecule has 0 radical (unpaired) electrons. The van der Waals surface area contributed by atoms with E-state index in [-0.39, 0.29) is 5.48 Å². The Morgan fingerprint density at radius 3 is 2.12 bits per heavy atom. The van der Waals surface area contributed by atoms with Gasteiger partial charge in [-0.25, -0.2) is 0 Å². The molecular weight excluding hydrogens is 198 g/mol. The van der Waals surface area contributed by atoms with E-state index in [9.17, 15) is 0 Å². The summed E-state index contributed by atoms with van der Waals surface area (Å²) in [6.45, 7) is 6.65. The molecule has 0 bridgehead atoms. The van der Waals surface area contributed by atoms with Gasteiger partial charge in [0.1, 0.15) is 0 Å². The van der Waals surface area contributed by atoms with Crippen LogP contribution >= 0.6 is 0 Å². The number of hydrogen-bond donors (Lipinski definition) is 1. The normalized spacial score (nSPS) is 9.94. The van der Waals surface area contributed by atoms with Crippen LogP contribution in [0.2, 0.25) is 0 Å². The third-order valence-electron chi connectivity index (χ3n) is 3.07. The summed E-state index contributed by atoms with van der Waals surface area (Å²) in [7, 11) is 0. The molecule has 0 aliphatic carbocycles. The highest BCUT2D eigenvalue weighted by Gasteiger charge is 2.08. The molecule has 0 aromatic heterocycles. The molecule has 1 rings (SSSR count). The van der Waals surface area contributed by atoms with Crippen molar-refractivity contribution >= 4 is 5.69 Å². The van der Waals surface area contributed by atoms with Gasteiger partial charge in [-0.3, -0.25) is 0 Å². The zero-order chi connectivity index (χ0) is 11.3. The van der Waals surface area contributed by atoms with Gasteiger partial charge >= 0.3 is 0 Å². The fraction of sp³-hybridized carbons (Fsp3) is 0.571. The van der Waals surface area contributed by atoms with E-state index >= 15 is 0 Å². The molecule has 0 amide bonds. The Hall–Kier alpha value is -1.02. The number of unbranched alkanes of at least 4 members (excludes halogenated alkanes) is 1. The summed E-state index contributed by atoms with van der Waals surface area (Å²) in [5.74, 6) is 0. The maximum absolute atomic E-state index is 6.01. The fourth-order valence-corrected chi connectivity index (χ4v) is 2.22. The molecule has 4 N–H and O–H groups in total. The van der Waals surface area contributed by atoms with Crippen LogP contribution in [0.15, 0.2) is 12.1 Å². The molecule has 16 heavy (non-hydrogen) atoms. The summed E-state index contributed by atoms with van der Waals surface area (Å²) in [6.07, 6.45) is 5.89. The van der Waals surface area contributed by atoms with Crippen LogP contribution in [-0.2, 0) is 19.3 Å². The lowest BCUT2D eigenvalue weighted by molar-refractivity contribution is 0.784. The van der Waals surface area contributed by atoms with Crippen molar-refractivity contribution in [3.05, 3.63) is 28.8 Å². The van der Waals surface area contributed by atoms with E-state index < -0.39 is 0 Å². The van der Waals surface area contributed by atoms with Gasteiger partial charge in [-0.05, 0) is 48.4 Å². The highest BCUT2D eigenvalue weighted by Crippen LogP contribution is 2.24. The summed E-state index contributed by atoms with van der Waals surface area (Å²) >= 11 is 0. The molecular formula is C14H25NO. The lowest BCUT2D eigenvalue weighted by Gasteiger charge is -2.14. The Morgan fingerprint density at radius 2 is 1.62 bits per heavy atom. The standard InChI is InChI=1S/C14H23N.H2O/c1-4-7-8-11-9-10-14(15)13(6-3)12(11)5-2;/h9-10H,4-8,15H2,1-3H3;1H2. The molecule has 0 atom stereocenters. The first-order chi connectivity index (χ1) is 7.24. The van der Waals surface area contributed by atoms with Crippen molar-refractivity contribution < 1.29 is 5.48 Å². The molecule has 0 aliphatic rings. The highest BCUT2D eigenvalue weighted by atomic mass is 16.0. The second kappa shape index (κ2) is 7.29. The molecule has 2 heteroatoms. The second-order valence-electron chi connectivity index (χ2n) is 4.08. The molecule has 0 spiro atoms. The van der Waals surface area contributed by atoms with Crippen LogP contribution in [0.4, 0.5) is 5.69 Å². The minimum atomic E-state index is 0. The van der Waals surface area contributed by atoms with Crippen LogP contribution in [0.1, 0.15) is 50.3 Å². The van der Waals surface area contributed by atoms with Crippen molar-refractivity contribution in [3.8, 4) is 0 Å². The molecule has 1 aromatic rings. The predicted molar refractivity (Wildman–Crippen MR) is 71.8 cm³/mol. The molecule has 2 nitrogen and oxygen atoms in total. The van der Waals surface area contributed by atoms with E-state index in [0.29, 0.717) is 0 Å². The van der Waals surface area contributed by atoms with E-state index in [1.165, 1.54) is 36.0 Å². The van der Waals surface area contributed by atoms with Gasteiger partial charge < -0.3 is 11.2 Å². The van der Waals surface area contributed by atoms with E-state index in [1.54, 1.807) is 0 Å². The zero-order valence-corrected chi connectivity index (χ0v) is 10.8. The molecule has 0 saturated carbocycles. The molecule has 0 unspecified atom stereocenters. The smallest absolute Gasteiger partial charge is 0.0349 e. The lowest BCUT2D eigenvalue weighted by Crippen LogP contribution is -2.03. The number of aryl methyl sites for hydroxylation is 1. The number of rotatable bonds is 5. The molecule has 0 heterocycles. The number of nitrogens with two attached hydrogens (primary N) is 1. The van der Waals surface area contributed by atoms with E-state index in [4.69, 9.17) is 5.73 Å². The van der Waals surface area contributed by atoms with Crippen LogP contribution in [0, 0.1) is 0 Å². The highest BCUT2D eigenvalue weighted by molar-refractivity contribution is 5.54. The summed E-state index contributed by atoms with van der Waals surface area (Å²) in [5, 5.41) is 0. The maximum atomic E-state index is 6.01. The third-order valence-corrected chi connectivity index (χ3v) is 3.07. The van der Waals surface area contributed by atoms with Gasteiger partial charge in [0.25, 0.3) is 0 Å². The van der Waals surface area contributed by atoms with Crippen LogP contribution < -0.4 is 5.73 Å². The number of anilines is 1. The Labute approximate surface area is 99.2 Å². The van der Waals surface area contributed by atoms with E-state index in [0.717, 1.165) is 18.5 Å². The molecule has 0 saturated heterocycles. The van der Waals surface area contributed by atoms with Crippen LogP contribution in [0.3, 0.4) is 0 Å². The first kappa shape index (κ1) is 15.0. The van der Waals surface area contributed by atoms with Crippen molar-refractivity contribution in [2.75, 3.05) is 5.73 Å². The van der Waals surface area contributed by atoms with Crippen molar-refractivity contribution in [2.24, 2.45) is 0 Å². The van der Waals surface area contributed by atoms with Crippen LogP contribution in [0.5, 0.6) is 0 Å². The van der Waals surface area contributed by atoms with Crippen LogP contribution in [-0.4, -0.2) is 5.48 Å². The first-order valence-corrected chi connectivity index (χ1v) is 6.13. The van der Waals surface area contributed by atoms with Crippen LogP contribution in [0.25, 0.3) is 0 Å². The lowest BCUT2D eigenvalue weighted by atomic mass is 9.93. The zero-order valence-electron chi connectivity index (χ0n) is 10.8. The molecule has 0 fully saturated rings. The third kappa shape index (κ3) is 3.24. The number of benzene rings is 1. The Morgan fingerprint density at radius 1 is 1.00 bits per heavy atom. The number of hydrogen-bond acceptors (Lipinski definition) is 1. The Balaban J connectivity index is 0.00000225. The molecule has 1 aromatic carbocycles. The van der Waals surface area contributed by atoms with Crippen molar-refractivity contribution in [2.45, 2.75) is 52.9 Å². The first-order valence-electron chi connectivity index (χ1n) is 6.13. The average molecular weight is 223 g/mol. The van der Waals surface area contributed by atoms with Gasteiger partial charge in [0.15, 0.2) is 0 Å². The van der Waals surface area contributed by atoms with Crippen molar-refractivity contribution in [3.63, 3.8) is 0 Å². The van der Waals surface area contributed by atoms with Gasteiger partial charge in [-0.15, -0.1) is 0 Å². The van der Waals surface area contributed by atoms with Gasteiger partial charge in [-0.1, -0.05) is 33.3 Å². The fourth-order valence-electron chi connectivity index (χ4n) is 2.22. The molecule has 0 aliphatic heterocycles. The van der Waals surface area contributed by atoms with E-state index in [2.05, 4.69) is 32.9 Å². The SMILES string of the molecule is CCCCc1ccc(N)c(CC)c1CC.O. The van der Waals surface area contributed by atoms with Gasteiger partial charge in [0.2, 0.25) is 0 Å². The largest absolute Gasteiger partial charge is 0.412 e. The minimum absolute atomic E-state index is 0. The maximum Gasteiger partial charge on any atom is 0.0349 e. The predicted octanol–water partition coefficient (Wildman–Crippen LogP) is 2.91. The van der Waals surface area contributed by atoms with Gasteiger partial charge in [0, 0.05) is 5.69 Å². The second-order valence-corrected chi connectivity index (χ2v) is 4.08. The number of nitrogen functional groups attached to an aromatic ring is 1. The minimum Gasteiger partial charge on any atom is -0.412 e. The topological polar surface area (TPSA) is 57.5 Å². The monoisotopic (exact) mass is 223 g/mol. The summed E-state index contributed by atoms with van der Waals surface area (Å²) in [6, 6.07) is 4.28. The Bertz CT molecular complexity index is 321.